The second-order valence-electron chi connectivity index (χ2n) is 8.18. The van der Waals surface area contributed by atoms with E-state index in [4.69, 9.17) is 9.72 Å². The van der Waals surface area contributed by atoms with Gasteiger partial charge in [0.2, 0.25) is 5.91 Å². The molecule has 5 rings (SSSR count). The van der Waals surface area contributed by atoms with E-state index in [9.17, 15) is 9.59 Å². The number of carbonyl (C=O) groups is 2. The van der Waals surface area contributed by atoms with Crippen LogP contribution < -0.4 is 14.5 Å². The third kappa shape index (κ3) is 4.15. The summed E-state index contributed by atoms with van der Waals surface area (Å²) in [6.45, 7) is 4.09. The fraction of sp³-hybridized carbons (Fsp3) is 0.222. The van der Waals surface area contributed by atoms with Crippen LogP contribution in [0.4, 0.5) is 16.5 Å². The van der Waals surface area contributed by atoms with E-state index < -0.39 is 6.10 Å². The Kier molecular flexibility index (Phi) is 6.02. The van der Waals surface area contributed by atoms with Crippen LogP contribution >= 0.6 is 11.3 Å². The molecular formula is C27H25N3O3S. The van der Waals surface area contributed by atoms with Gasteiger partial charge in [-0.2, -0.15) is 0 Å². The normalized spacial score (nSPS) is 15.2. The Balaban J connectivity index is 1.45. The van der Waals surface area contributed by atoms with Gasteiger partial charge in [-0.1, -0.05) is 54.7 Å². The Labute approximate surface area is 202 Å². The van der Waals surface area contributed by atoms with Gasteiger partial charge in [0.05, 0.1) is 21.6 Å². The fourth-order valence-corrected chi connectivity index (χ4v) is 5.11. The van der Waals surface area contributed by atoms with Crippen LogP contribution in [0.15, 0.2) is 72.8 Å². The molecule has 0 spiro atoms. The molecule has 0 bridgehead atoms. The van der Waals surface area contributed by atoms with Crippen molar-refractivity contribution >= 4 is 49.9 Å². The summed E-state index contributed by atoms with van der Waals surface area (Å²) in [4.78, 5) is 34.6. The van der Waals surface area contributed by atoms with Crippen molar-refractivity contribution in [2.45, 2.75) is 32.8 Å². The lowest BCUT2D eigenvalue weighted by molar-refractivity contribution is -0.125. The van der Waals surface area contributed by atoms with Crippen molar-refractivity contribution in [2.24, 2.45) is 0 Å². The molecule has 0 N–H and O–H groups in total. The number of aromatic nitrogens is 1. The summed E-state index contributed by atoms with van der Waals surface area (Å²) < 4.78 is 6.75. The zero-order valence-corrected chi connectivity index (χ0v) is 19.9. The summed E-state index contributed by atoms with van der Waals surface area (Å²) in [6.07, 6.45) is 0.483. The molecule has 1 unspecified atom stereocenters. The molecule has 1 aromatic heterocycles. The summed E-state index contributed by atoms with van der Waals surface area (Å²) in [5.74, 6) is 0.387. The van der Waals surface area contributed by atoms with Crippen molar-refractivity contribution < 1.29 is 14.3 Å². The van der Waals surface area contributed by atoms with Crippen molar-refractivity contribution in [3.05, 3.63) is 78.4 Å². The van der Waals surface area contributed by atoms with Crippen LogP contribution in [-0.4, -0.2) is 29.4 Å². The maximum absolute atomic E-state index is 13.6. The Morgan fingerprint density at radius 1 is 1.06 bits per heavy atom. The highest BCUT2D eigenvalue weighted by atomic mass is 32.1. The topological polar surface area (TPSA) is 62.7 Å². The number of hydrogen-bond acceptors (Lipinski definition) is 5. The molecule has 0 saturated heterocycles. The molecule has 4 aromatic rings. The minimum absolute atomic E-state index is 0.118. The molecule has 1 aliphatic rings. The minimum atomic E-state index is -0.591. The fourth-order valence-electron chi connectivity index (χ4n) is 4.11. The minimum Gasteiger partial charge on any atom is -0.479 e. The van der Waals surface area contributed by atoms with Gasteiger partial charge in [-0.3, -0.25) is 14.5 Å². The average Bonchev–Trinajstić information content (AvgIpc) is 3.28. The van der Waals surface area contributed by atoms with Gasteiger partial charge in [0.1, 0.15) is 5.75 Å². The number of aryl methyl sites for hydroxylation is 1. The lowest BCUT2D eigenvalue weighted by atomic mass is 10.1. The van der Waals surface area contributed by atoms with Crippen LogP contribution in [0.5, 0.6) is 5.75 Å². The van der Waals surface area contributed by atoms with Gasteiger partial charge in [0.15, 0.2) is 11.2 Å². The molecule has 7 heteroatoms. The molecule has 0 saturated carbocycles. The van der Waals surface area contributed by atoms with E-state index in [0.29, 0.717) is 16.6 Å². The Hall–Kier alpha value is -3.71. The molecular weight excluding hydrogens is 446 g/mol. The first kappa shape index (κ1) is 22.1. The summed E-state index contributed by atoms with van der Waals surface area (Å²) in [5, 5.41) is 0.623. The van der Waals surface area contributed by atoms with Gasteiger partial charge in [0, 0.05) is 13.0 Å². The first-order chi connectivity index (χ1) is 16.5. The van der Waals surface area contributed by atoms with E-state index in [2.05, 4.69) is 6.92 Å². The van der Waals surface area contributed by atoms with E-state index in [1.807, 2.05) is 72.8 Å². The molecule has 172 valence electrons. The molecule has 6 nitrogen and oxygen atoms in total. The van der Waals surface area contributed by atoms with Crippen molar-refractivity contribution in [1.82, 2.24) is 4.98 Å². The maximum atomic E-state index is 13.6. The number of amides is 2. The summed E-state index contributed by atoms with van der Waals surface area (Å²) in [6, 6.07) is 23.3. The number of ether oxygens (including phenoxy) is 1. The third-order valence-corrected chi connectivity index (χ3v) is 6.97. The second-order valence-corrected chi connectivity index (χ2v) is 9.19. The molecule has 0 fully saturated rings. The lowest BCUT2D eigenvalue weighted by Crippen LogP contribution is -2.45. The molecule has 0 aliphatic carbocycles. The molecule has 34 heavy (non-hydrogen) atoms. The molecule has 1 atom stereocenters. The first-order valence-corrected chi connectivity index (χ1v) is 12.2. The third-order valence-electron chi connectivity index (χ3n) is 5.95. The predicted molar refractivity (Wildman–Crippen MR) is 136 cm³/mol. The molecule has 3 aromatic carbocycles. The van der Waals surface area contributed by atoms with Gasteiger partial charge < -0.3 is 9.64 Å². The largest absolute Gasteiger partial charge is 0.479 e. The number of hydrogen-bond donors (Lipinski definition) is 0. The van der Waals surface area contributed by atoms with Gasteiger partial charge in [0.25, 0.3) is 5.91 Å². The SMILES string of the molecule is CCc1ccc(N(C(=O)CCN2C(=O)C(C)Oc3ccccc32)c2nc3ccccc3s2)cc1. The van der Waals surface area contributed by atoms with Gasteiger partial charge >= 0.3 is 0 Å². The van der Waals surface area contributed by atoms with Crippen molar-refractivity contribution in [3.8, 4) is 5.75 Å². The van der Waals surface area contributed by atoms with Gasteiger partial charge in [-0.15, -0.1) is 0 Å². The van der Waals surface area contributed by atoms with E-state index in [1.165, 1.54) is 16.9 Å². The maximum Gasteiger partial charge on any atom is 0.267 e. The van der Waals surface area contributed by atoms with Gasteiger partial charge in [-0.25, -0.2) is 4.98 Å². The smallest absolute Gasteiger partial charge is 0.267 e. The zero-order valence-electron chi connectivity index (χ0n) is 19.1. The summed E-state index contributed by atoms with van der Waals surface area (Å²) in [7, 11) is 0. The van der Waals surface area contributed by atoms with Crippen molar-refractivity contribution in [3.63, 3.8) is 0 Å². The van der Waals surface area contributed by atoms with Crippen LogP contribution in [0, 0.1) is 0 Å². The number of carbonyl (C=O) groups excluding carboxylic acids is 2. The first-order valence-electron chi connectivity index (χ1n) is 11.4. The van der Waals surface area contributed by atoms with Crippen LogP contribution in [0.1, 0.15) is 25.8 Å². The number of benzene rings is 3. The molecule has 1 aliphatic heterocycles. The summed E-state index contributed by atoms with van der Waals surface area (Å²) in [5.41, 5.74) is 3.52. The molecule has 2 heterocycles. The standard InChI is InChI=1S/C27H25N3O3S/c1-3-19-12-14-20(15-13-19)30(27-28-21-8-4-7-11-24(21)34-27)25(31)16-17-29-22-9-5-6-10-23(22)33-18(2)26(29)32/h4-15,18H,3,16-17H2,1-2H3. The monoisotopic (exact) mass is 471 g/mol. The number of thiazole rings is 1. The van der Waals surface area contributed by atoms with Crippen molar-refractivity contribution in [2.75, 3.05) is 16.3 Å². The Bertz CT molecular complexity index is 1320. The molecule has 0 radical (unpaired) electrons. The van der Waals surface area contributed by atoms with E-state index >= 15 is 0 Å². The highest BCUT2D eigenvalue weighted by Gasteiger charge is 2.32. The number of anilines is 3. The van der Waals surface area contributed by atoms with Crippen LogP contribution in [0.2, 0.25) is 0 Å². The quantitative estimate of drug-likeness (QED) is 0.360. The number of nitrogens with zero attached hydrogens (tertiary/aromatic N) is 3. The number of rotatable bonds is 6. The molecule has 2 amide bonds. The van der Waals surface area contributed by atoms with E-state index in [1.54, 1.807) is 16.7 Å². The highest BCUT2D eigenvalue weighted by Crippen LogP contribution is 2.36. The summed E-state index contributed by atoms with van der Waals surface area (Å²) >= 11 is 1.48. The lowest BCUT2D eigenvalue weighted by Gasteiger charge is -2.33. The number of para-hydroxylation sites is 3. The van der Waals surface area contributed by atoms with Gasteiger partial charge in [-0.05, 0) is 55.3 Å². The Morgan fingerprint density at radius 3 is 2.56 bits per heavy atom. The predicted octanol–water partition coefficient (Wildman–Crippen LogP) is 5.73. The van der Waals surface area contributed by atoms with Crippen LogP contribution in [0.3, 0.4) is 0 Å². The highest BCUT2D eigenvalue weighted by molar-refractivity contribution is 7.22. The van der Waals surface area contributed by atoms with Crippen molar-refractivity contribution in [1.29, 1.82) is 0 Å². The zero-order chi connectivity index (χ0) is 23.7. The van der Waals surface area contributed by atoms with E-state index in [-0.39, 0.29) is 24.8 Å². The van der Waals surface area contributed by atoms with Crippen LogP contribution in [-0.2, 0) is 16.0 Å². The number of fused-ring (bicyclic) bond motifs is 2. The second kappa shape index (κ2) is 9.27. The Morgan fingerprint density at radius 2 is 1.79 bits per heavy atom. The van der Waals surface area contributed by atoms with Crippen LogP contribution in [0.25, 0.3) is 10.2 Å². The van der Waals surface area contributed by atoms with E-state index in [0.717, 1.165) is 22.3 Å². The average molecular weight is 472 g/mol.